The van der Waals surface area contributed by atoms with Gasteiger partial charge in [-0.2, -0.15) is 0 Å². The molecule has 0 aliphatic rings. The fourth-order valence-electron chi connectivity index (χ4n) is 1.52. The van der Waals surface area contributed by atoms with Gasteiger partial charge in [0.1, 0.15) is 0 Å². The van der Waals surface area contributed by atoms with Crippen LogP contribution in [0.4, 0.5) is 0 Å². The van der Waals surface area contributed by atoms with Gasteiger partial charge >= 0.3 is 0 Å². The van der Waals surface area contributed by atoms with E-state index in [-0.39, 0.29) is 0 Å². The molecule has 1 rings (SSSR count). The molecule has 1 nitrogen and oxygen atoms in total. The second kappa shape index (κ2) is 7.15. The monoisotopic (exact) mass is 197 g/mol. The lowest BCUT2D eigenvalue weighted by atomic mass is 10.1. The Morgan fingerprint density at radius 1 is 1.15 bits per heavy atom. The van der Waals surface area contributed by atoms with Crippen molar-refractivity contribution in [2.75, 3.05) is 0 Å². The van der Waals surface area contributed by atoms with E-state index in [1.807, 2.05) is 6.20 Å². The lowest BCUT2D eigenvalue weighted by molar-refractivity contribution is 0.609. The van der Waals surface area contributed by atoms with Gasteiger partial charge in [-0.05, 0) is 32.6 Å². The standard InChI is InChI=1S/C11H20NP/c1-2-3-4-5-6-7-8-11-9-10-12-13-11/h9-10,13H,2-8H2,1H3. The topological polar surface area (TPSA) is 12.9 Å². The molecule has 1 unspecified atom stereocenters. The number of nitrogens with zero attached hydrogens (tertiary/aromatic N) is 1. The van der Waals surface area contributed by atoms with Crippen LogP contribution in [0.2, 0.25) is 0 Å². The Kier molecular flexibility index (Phi) is 5.93. The van der Waals surface area contributed by atoms with Crippen molar-refractivity contribution in [1.82, 2.24) is 4.75 Å². The summed E-state index contributed by atoms with van der Waals surface area (Å²) in [5.74, 6) is 0. The highest BCUT2D eigenvalue weighted by Crippen LogP contribution is 2.15. The molecular formula is C11H20NP. The molecule has 2 heteroatoms. The number of unbranched alkanes of at least 4 members (excludes halogenated alkanes) is 5. The molecular weight excluding hydrogens is 177 g/mol. The highest BCUT2D eigenvalue weighted by Gasteiger charge is 1.93. The normalized spacial score (nSPS) is 11.2. The SMILES string of the molecule is CCCCCCCCc1ccn[pH]1. The Bertz CT molecular complexity index is 194. The minimum atomic E-state index is 0.743. The van der Waals surface area contributed by atoms with E-state index in [2.05, 4.69) is 17.7 Å². The molecule has 1 aromatic rings. The number of aryl methyl sites for hydroxylation is 1. The molecule has 0 fully saturated rings. The van der Waals surface area contributed by atoms with Gasteiger partial charge in [0.25, 0.3) is 0 Å². The molecule has 0 aromatic carbocycles. The Morgan fingerprint density at radius 2 is 1.92 bits per heavy atom. The minimum absolute atomic E-state index is 0.743. The first-order chi connectivity index (χ1) is 6.43. The van der Waals surface area contributed by atoms with Crippen LogP contribution in [0.3, 0.4) is 0 Å². The third-order valence-corrected chi connectivity index (χ3v) is 3.34. The highest BCUT2D eigenvalue weighted by molar-refractivity contribution is 7.26. The smallest absolute Gasteiger partial charge is 0.0312 e. The van der Waals surface area contributed by atoms with Crippen LogP contribution in [-0.4, -0.2) is 4.75 Å². The Labute approximate surface area is 83.1 Å². The quantitative estimate of drug-likeness (QED) is 0.602. The van der Waals surface area contributed by atoms with Crippen molar-refractivity contribution in [3.8, 4) is 0 Å². The molecule has 0 amide bonds. The van der Waals surface area contributed by atoms with E-state index in [1.54, 1.807) is 5.30 Å². The number of hydrogen-bond acceptors (Lipinski definition) is 1. The van der Waals surface area contributed by atoms with Gasteiger partial charge in [-0.25, -0.2) is 4.75 Å². The molecule has 0 aliphatic carbocycles. The summed E-state index contributed by atoms with van der Waals surface area (Å²) >= 11 is 0. The average Bonchev–Trinajstić information content (AvgIpc) is 2.63. The molecule has 0 radical (unpaired) electrons. The highest BCUT2D eigenvalue weighted by atomic mass is 31.0. The summed E-state index contributed by atoms with van der Waals surface area (Å²) in [4.78, 5) is 0. The van der Waals surface area contributed by atoms with Gasteiger partial charge in [0.05, 0.1) is 0 Å². The van der Waals surface area contributed by atoms with Gasteiger partial charge in [0.2, 0.25) is 0 Å². The van der Waals surface area contributed by atoms with Crippen molar-refractivity contribution in [1.29, 1.82) is 0 Å². The van der Waals surface area contributed by atoms with Crippen molar-refractivity contribution in [3.05, 3.63) is 17.6 Å². The summed E-state index contributed by atoms with van der Waals surface area (Å²) < 4.78 is 4.20. The summed E-state index contributed by atoms with van der Waals surface area (Å²) in [5.41, 5.74) is 0. The molecule has 13 heavy (non-hydrogen) atoms. The molecule has 1 atom stereocenters. The fraction of sp³-hybridized carbons (Fsp3) is 0.727. The van der Waals surface area contributed by atoms with E-state index in [1.165, 1.54) is 44.9 Å². The molecule has 0 saturated carbocycles. The van der Waals surface area contributed by atoms with Crippen molar-refractivity contribution in [2.45, 2.75) is 51.9 Å². The van der Waals surface area contributed by atoms with Gasteiger partial charge in [0.15, 0.2) is 0 Å². The summed E-state index contributed by atoms with van der Waals surface area (Å²) in [6.45, 7) is 2.27. The molecule has 0 saturated heterocycles. The Hall–Kier alpha value is -0.290. The lowest BCUT2D eigenvalue weighted by Crippen LogP contribution is -1.81. The van der Waals surface area contributed by atoms with E-state index in [4.69, 9.17) is 0 Å². The van der Waals surface area contributed by atoms with Crippen LogP contribution in [0, 0.1) is 0 Å². The van der Waals surface area contributed by atoms with E-state index in [0.29, 0.717) is 0 Å². The largest absolute Gasteiger partial charge is 0.249 e. The average molecular weight is 197 g/mol. The summed E-state index contributed by atoms with van der Waals surface area (Å²) in [6, 6.07) is 2.19. The molecule has 74 valence electrons. The van der Waals surface area contributed by atoms with Crippen LogP contribution in [-0.2, 0) is 6.42 Å². The number of rotatable bonds is 7. The first-order valence-corrected chi connectivity index (χ1v) is 6.36. The summed E-state index contributed by atoms with van der Waals surface area (Å²) in [5, 5.41) is 1.55. The number of hydrogen-bond donors (Lipinski definition) is 0. The molecule has 0 N–H and O–H groups in total. The van der Waals surface area contributed by atoms with Crippen LogP contribution in [0.1, 0.15) is 50.7 Å². The van der Waals surface area contributed by atoms with Crippen molar-refractivity contribution < 1.29 is 0 Å². The Morgan fingerprint density at radius 3 is 2.62 bits per heavy atom. The van der Waals surface area contributed by atoms with Gasteiger partial charge in [-0.3, -0.25) is 0 Å². The third-order valence-electron chi connectivity index (χ3n) is 2.36. The lowest BCUT2D eigenvalue weighted by Gasteiger charge is -1.98. The predicted octanol–water partition coefficient (Wildman–Crippen LogP) is 4.02. The zero-order valence-electron chi connectivity index (χ0n) is 8.55. The molecule has 0 bridgehead atoms. The van der Waals surface area contributed by atoms with Gasteiger partial charge in [0, 0.05) is 6.20 Å². The molecule has 1 heterocycles. The van der Waals surface area contributed by atoms with Crippen LogP contribution in [0.5, 0.6) is 0 Å². The maximum absolute atomic E-state index is 4.20. The maximum Gasteiger partial charge on any atom is 0.0312 e. The van der Waals surface area contributed by atoms with Crippen molar-refractivity contribution >= 4 is 8.35 Å². The van der Waals surface area contributed by atoms with Crippen LogP contribution < -0.4 is 0 Å². The fourth-order valence-corrected chi connectivity index (χ4v) is 2.27. The minimum Gasteiger partial charge on any atom is -0.249 e. The number of aromatic nitrogens is 1. The maximum atomic E-state index is 4.20. The van der Waals surface area contributed by atoms with Crippen molar-refractivity contribution in [3.63, 3.8) is 0 Å². The Balaban J connectivity index is 1.90. The summed E-state index contributed by atoms with van der Waals surface area (Å²) in [6.07, 6.45) is 11.6. The zero-order chi connectivity index (χ0) is 9.36. The van der Waals surface area contributed by atoms with E-state index >= 15 is 0 Å². The molecule has 0 aliphatic heterocycles. The first-order valence-electron chi connectivity index (χ1n) is 5.41. The first kappa shape index (κ1) is 10.8. The second-order valence-electron chi connectivity index (χ2n) is 3.60. The van der Waals surface area contributed by atoms with Crippen LogP contribution in [0.15, 0.2) is 12.3 Å². The zero-order valence-corrected chi connectivity index (χ0v) is 9.55. The van der Waals surface area contributed by atoms with Crippen LogP contribution >= 0.6 is 8.35 Å². The molecule has 1 aromatic heterocycles. The van der Waals surface area contributed by atoms with E-state index in [9.17, 15) is 0 Å². The van der Waals surface area contributed by atoms with Gasteiger partial charge in [-0.1, -0.05) is 39.0 Å². The van der Waals surface area contributed by atoms with Crippen LogP contribution in [0.25, 0.3) is 0 Å². The predicted molar refractivity (Wildman–Crippen MR) is 60.8 cm³/mol. The second-order valence-corrected chi connectivity index (χ2v) is 4.72. The molecule has 0 spiro atoms. The van der Waals surface area contributed by atoms with Gasteiger partial charge in [-0.15, -0.1) is 0 Å². The summed E-state index contributed by atoms with van der Waals surface area (Å²) in [7, 11) is 0.743. The van der Waals surface area contributed by atoms with E-state index in [0.717, 1.165) is 8.35 Å². The van der Waals surface area contributed by atoms with E-state index < -0.39 is 0 Å². The third kappa shape index (κ3) is 5.10. The van der Waals surface area contributed by atoms with Gasteiger partial charge < -0.3 is 0 Å². The van der Waals surface area contributed by atoms with Crippen molar-refractivity contribution in [2.24, 2.45) is 0 Å².